The van der Waals surface area contributed by atoms with Gasteiger partial charge < -0.3 is 11.1 Å². The molecule has 3 unspecified atom stereocenters. The summed E-state index contributed by atoms with van der Waals surface area (Å²) < 4.78 is 12.9. The van der Waals surface area contributed by atoms with Crippen molar-refractivity contribution in [1.82, 2.24) is 5.32 Å². The van der Waals surface area contributed by atoms with Gasteiger partial charge in [-0.2, -0.15) is 0 Å². The van der Waals surface area contributed by atoms with E-state index in [9.17, 15) is 9.18 Å². The predicted molar refractivity (Wildman–Crippen MR) is 96.5 cm³/mol. The highest BCUT2D eigenvalue weighted by atomic mass is 35.5. The number of halogens is 2. The molecule has 3 nitrogen and oxygen atoms in total. The predicted octanol–water partition coefficient (Wildman–Crippen LogP) is 3.61. The van der Waals surface area contributed by atoms with Crippen LogP contribution in [0.5, 0.6) is 0 Å². The van der Waals surface area contributed by atoms with Crippen molar-refractivity contribution < 1.29 is 9.18 Å². The minimum absolute atomic E-state index is 0. The van der Waals surface area contributed by atoms with Gasteiger partial charge in [0.2, 0.25) is 5.91 Å². The number of nitrogens with one attached hydrogen (secondary N) is 1. The van der Waals surface area contributed by atoms with Crippen LogP contribution in [0.4, 0.5) is 4.39 Å². The van der Waals surface area contributed by atoms with Gasteiger partial charge in [0.1, 0.15) is 5.82 Å². The van der Waals surface area contributed by atoms with E-state index in [1.165, 1.54) is 25.0 Å². The number of thioether (sulfide) groups is 1. The molecule has 6 heteroatoms. The third-order valence-corrected chi connectivity index (χ3v) is 5.57. The molecule has 1 aliphatic carbocycles. The zero-order valence-electron chi connectivity index (χ0n) is 13.5. The number of carbonyl (C=O) groups excluding carboxylic acids is 1. The normalized spacial score (nSPS) is 22.0. The Kier molecular flexibility index (Phi) is 8.95. The van der Waals surface area contributed by atoms with Crippen LogP contribution in [-0.4, -0.2) is 24.2 Å². The Balaban J connectivity index is 0.00000264. The van der Waals surface area contributed by atoms with Gasteiger partial charge in [-0.15, -0.1) is 24.2 Å². The molecule has 3 N–H and O–H groups in total. The molecule has 0 spiro atoms. The van der Waals surface area contributed by atoms with Crippen LogP contribution < -0.4 is 11.1 Å². The molecule has 1 aromatic carbocycles. The van der Waals surface area contributed by atoms with Crippen molar-refractivity contribution in [2.24, 2.45) is 17.6 Å². The molecule has 2 rings (SSSR count). The van der Waals surface area contributed by atoms with Crippen LogP contribution in [-0.2, 0) is 4.79 Å². The Bertz CT molecular complexity index is 486. The topological polar surface area (TPSA) is 55.1 Å². The van der Waals surface area contributed by atoms with Gasteiger partial charge in [-0.1, -0.05) is 19.8 Å². The van der Waals surface area contributed by atoms with Gasteiger partial charge >= 0.3 is 0 Å². The van der Waals surface area contributed by atoms with Crippen LogP contribution in [0.15, 0.2) is 29.2 Å². The Morgan fingerprint density at radius 3 is 2.65 bits per heavy atom. The van der Waals surface area contributed by atoms with Gasteiger partial charge in [0.15, 0.2) is 0 Å². The number of hydrogen-bond acceptors (Lipinski definition) is 3. The molecule has 0 aliphatic heterocycles. The summed E-state index contributed by atoms with van der Waals surface area (Å²) in [6, 6.07) is 6.61. The third-order valence-electron chi connectivity index (χ3n) is 4.30. The summed E-state index contributed by atoms with van der Waals surface area (Å²) in [5, 5.41) is 3.17. The first-order valence-corrected chi connectivity index (χ1v) is 8.97. The molecule has 1 saturated carbocycles. The summed E-state index contributed by atoms with van der Waals surface area (Å²) in [5.41, 5.74) is 5.81. The average Bonchev–Trinajstić information content (AvgIpc) is 2.54. The minimum atomic E-state index is -0.236. The molecule has 0 radical (unpaired) electrons. The number of benzene rings is 1. The van der Waals surface area contributed by atoms with E-state index in [2.05, 4.69) is 5.32 Å². The Morgan fingerprint density at radius 1 is 1.35 bits per heavy atom. The molecule has 0 aromatic heterocycles. The van der Waals surface area contributed by atoms with Crippen molar-refractivity contribution in [3.8, 4) is 0 Å². The van der Waals surface area contributed by atoms with Crippen molar-refractivity contribution >= 4 is 30.1 Å². The lowest BCUT2D eigenvalue weighted by atomic mass is 9.84. The summed E-state index contributed by atoms with van der Waals surface area (Å²) in [6.45, 7) is 2.58. The van der Waals surface area contributed by atoms with Crippen molar-refractivity contribution in [3.05, 3.63) is 30.1 Å². The molecule has 1 amide bonds. The number of hydrogen-bond donors (Lipinski definition) is 2. The second-order valence-corrected chi connectivity index (χ2v) is 7.15. The van der Waals surface area contributed by atoms with Gasteiger partial charge in [0, 0.05) is 22.6 Å². The van der Waals surface area contributed by atoms with Gasteiger partial charge in [-0.3, -0.25) is 4.79 Å². The minimum Gasteiger partial charge on any atom is -0.353 e. The standard InChI is InChI=1S/C17H25FN2OS.ClH/c1-12(11-22-15-8-6-14(18)7-9-15)17(21)20-16-5-3-2-4-13(16)10-19;/h6-9,12-13,16H,2-5,10-11,19H2,1H3,(H,20,21);1H. The Morgan fingerprint density at radius 2 is 2.00 bits per heavy atom. The molecule has 23 heavy (non-hydrogen) atoms. The molecule has 0 heterocycles. The lowest BCUT2D eigenvalue weighted by Gasteiger charge is -2.32. The number of nitrogens with two attached hydrogens (primary N) is 1. The second kappa shape index (κ2) is 10.2. The number of rotatable bonds is 6. The highest BCUT2D eigenvalue weighted by molar-refractivity contribution is 7.99. The highest BCUT2D eigenvalue weighted by Gasteiger charge is 2.26. The Labute approximate surface area is 148 Å². The molecular formula is C17H26ClFN2OS. The lowest BCUT2D eigenvalue weighted by Crippen LogP contribution is -2.46. The average molecular weight is 361 g/mol. The fourth-order valence-electron chi connectivity index (χ4n) is 2.83. The van der Waals surface area contributed by atoms with Crippen LogP contribution in [0.2, 0.25) is 0 Å². The van der Waals surface area contributed by atoms with E-state index in [-0.39, 0.29) is 36.1 Å². The molecule has 0 bridgehead atoms. The van der Waals surface area contributed by atoms with Gasteiger partial charge in [-0.05, 0) is 49.6 Å². The van der Waals surface area contributed by atoms with E-state index < -0.39 is 0 Å². The fraction of sp³-hybridized carbons (Fsp3) is 0.588. The van der Waals surface area contributed by atoms with E-state index in [0.717, 1.165) is 17.7 Å². The van der Waals surface area contributed by atoms with E-state index in [1.54, 1.807) is 23.9 Å². The monoisotopic (exact) mass is 360 g/mol. The Hall–Kier alpha value is -0.780. The lowest BCUT2D eigenvalue weighted by molar-refractivity contribution is -0.125. The number of carbonyl (C=O) groups is 1. The van der Waals surface area contributed by atoms with E-state index in [0.29, 0.717) is 18.2 Å². The zero-order valence-corrected chi connectivity index (χ0v) is 15.1. The second-order valence-electron chi connectivity index (χ2n) is 6.06. The van der Waals surface area contributed by atoms with Crippen LogP contribution in [0.1, 0.15) is 32.6 Å². The SMILES string of the molecule is CC(CSc1ccc(F)cc1)C(=O)NC1CCCCC1CN.Cl. The maximum atomic E-state index is 12.9. The smallest absolute Gasteiger partial charge is 0.223 e. The van der Waals surface area contributed by atoms with Crippen LogP contribution in [0.3, 0.4) is 0 Å². The molecule has 0 saturated heterocycles. The maximum Gasteiger partial charge on any atom is 0.223 e. The highest BCUT2D eigenvalue weighted by Crippen LogP contribution is 2.25. The van der Waals surface area contributed by atoms with Crippen molar-refractivity contribution in [2.45, 2.75) is 43.5 Å². The van der Waals surface area contributed by atoms with Crippen LogP contribution in [0, 0.1) is 17.7 Å². The van der Waals surface area contributed by atoms with E-state index in [4.69, 9.17) is 5.73 Å². The van der Waals surface area contributed by atoms with Gasteiger partial charge in [-0.25, -0.2) is 4.39 Å². The van der Waals surface area contributed by atoms with Crippen molar-refractivity contribution in [2.75, 3.05) is 12.3 Å². The summed E-state index contributed by atoms with van der Waals surface area (Å²) in [7, 11) is 0. The molecular weight excluding hydrogens is 335 g/mol. The van der Waals surface area contributed by atoms with E-state index >= 15 is 0 Å². The summed E-state index contributed by atoms with van der Waals surface area (Å²) in [6.07, 6.45) is 4.52. The third kappa shape index (κ3) is 6.32. The van der Waals surface area contributed by atoms with Crippen molar-refractivity contribution in [3.63, 3.8) is 0 Å². The largest absolute Gasteiger partial charge is 0.353 e. The first-order valence-electron chi connectivity index (χ1n) is 7.99. The molecule has 130 valence electrons. The number of amides is 1. The van der Waals surface area contributed by atoms with Crippen LogP contribution >= 0.6 is 24.2 Å². The maximum absolute atomic E-state index is 12.9. The zero-order chi connectivity index (χ0) is 15.9. The molecule has 1 aliphatic rings. The van der Waals surface area contributed by atoms with Crippen LogP contribution in [0.25, 0.3) is 0 Å². The summed E-state index contributed by atoms with van der Waals surface area (Å²) in [5.74, 6) is 0.891. The summed E-state index contributed by atoms with van der Waals surface area (Å²) in [4.78, 5) is 13.3. The van der Waals surface area contributed by atoms with Crippen molar-refractivity contribution in [1.29, 1.82) is 0 Å². The quantitative estimate of drug-likeness (QED) is 0.762. The summed E-state index contributed by atoms with van der Waals surface area (Å²) >= 11 is 1.58. The van der Waals surface area contributed by atoms with E-state index in [1.807, 2.05) is 6.92 Å². The first-order chi connectivity index (χ1) is 10.6. The first kappa shape index (κ1) is 20.3. The van der Waals surface area contributed by atoms with Gasteiger partial charge in [0.25, 0.3) is 0 Å². The van der Waals surface area contributed by atoms with Gasteiger partial charge in [0.05, 0.1) is 0 Å². The molecule has 3 atom stereocenters. The fourth-order valence-corrected chi connectivity index (χ4v) is 3.75. The molecule has 1 fully saturated rings. The molecule has 1 aromatic rings.